The predicted molar refractivity (Wildman–Crippen MR) is 75.0 cm³/mol. The van der Waals surface area contributed by atoms with Crippen LogP contribution < -0.4 is 10.6 Å². The second-order valence-corrected chi connectivity index (χ2v) is 7.22. The summed E-state index contributed by atoms with van der Waals surface area (Å²) in [5, 5.41) is 14.7. The number of hydrogen-bond donors (Lipinski definition) is 3. The van der Waals surface area contributed by atoms with Crippen LogP contribution in [0.4, 0.5) is 9.18 Å². The molecule has 1 aliphatic rings. The first-order valence-electron chi connectivity index (χ1n) is 6.54. The van der Waals surface area contributed by atoms with E-state index >= 15 is 0 Å². The average molecular weight is 316 g/mol. The maximum absolute atomic E-state index is 13.4. The van der Waals surface area contributed by atoms with Crippen LogP contribution in [0.5, 0.6) is 0 Å². The third kappa shape index (κ3) is 4.40. The van der Waals surface area contributed by atoms with Crippen molar-refractivity contribution in [2.24, 2.45) is 0 Å². The molecule has 1 aromatic rings. The number of nitrogens with one attached hydrogen (secondary N) is 2. The van der Waals surface area contributed by atoms with Crippen LogP contribution in [0.3, 0.4) is 0 Å². The molecule has 6 nitrogen and oxygen atoms in total. The Morgan fingerprint density at radius 1 is 1.43 bits per heavy atom. The third-order valence-electron chi connectivity index (χ3n) is 3.29. The molecule has 1 saturated heterocycles. The largest absolute Gasteiger partial charge is 0.386 e. The number of aliphatic hydroxyl groups excluding tert-OH is 1. The van der Waals surface area contributed by atoms with E-state index in [9.17, 15) is 22.7 Å². The molecule has 2 rings (SSSR count). The first-order valence-corrected chi connectivity index (χ1v) is 8.37. The standard InChI is InChI=1S/C13H17FN2O4S/c14-11-4-2-1-3-10(11)12(17)7-15-13(18)16-9-5-6-21(19,20)8-9/h1-4,9,12,17H,5-8H2,(H2,15,16,18)/t9-,12+/m1/s1. The van der Waals surface area contributed by atoms with Gasteiger partial charge in [0, 0.05) is 18.2 Å². The van der Waals surface area contributed by atoms with Gasteiger partial charge in [0.05, 0.1) is 17.6 Å². The molecule has 1 aromatic carbocycles. The first kappa shape index (κ1) is 15.7. The molecule has 8 heteroatoms. The molecular formula is C13H17FN2O4S. The minimum atomic E-state index is -3.06. The van der Waals surface area contributed by atoms with Gasteiger partial charge >= 0.3 is 6.03 Å². The van der Waals surface area contributed by atoms with Crippen LogP contribution in [-0.4, -0.2) is 43.6 Å². The van der Waals surface area contributed by atoms with E-state index in [-0.39, 0.29) is 23.6 Å². The van der Waals surface area contributed by atoms with Crippen LogP contribution >= 0.6 is 0 Å². The van der Waals surface area contributed by atoms with Crippen LogP contribution in [0.15, 0.2) is 24.3 Å². The van der Waals surface area contributed by atoms with E-state index in [0.29, 0.717) is 6.42 Å². The molecule has 3 N–H and O–H groups in total. The topological polar surface area (TPSA) is 95.5 Å². The molecule has 2 atom stereocenters. The second-order valence-electron chi connectivity index (χ2n) is 4.99. The van der Waals surface area contributed by atoms with Gasteiger partial charge in [-0.2, -0.15) is 0 Å². The highest BCUT2D eigenvalue weighted by Crippen LogP contribution is 2.15. The fourth-order valence-electron chi connectivity index (χ4n) is 2.19. The Kier molecular flexibility index (Phi) is 4.79. The zero-order chi connectivity index (χ0) is 15.5. The summed E-state index contributed by atoms with van der Waals surface area (Å²) in [4.78, 5) is 11.6. The van der Waals surface area contributed by atoms with E-state index < -0.39 is 33.8 Å². The Morgan fingerprint density at radius 3 is 2.76 bits per heavy atom. The fourth-order valence-corrected chi connectivity index (χ4v) is 3.86. The molecule has 2 amide bonds. The number of carbonyl (C=O) groups is 1. The lowest BCUT2D eigenvalue weighted by molar-refractivity contribution is 0.168. The summed E-state index contributed by atoms with van der Waals surface area (Å²) in [6.07, 6.45) is -0.782. The van der Waals surface area contributed by atoms with Crippen molar-refractivity contribution in [2.45, 2.75) is 18.6 Å². The van der Waals surface area contributed by atoms with Crippen molar-refractivity contribution in [3.8, 4) is 0 Å². The van der Waals surface area contributed by atoms with Gasteiger partial charge in [0.25, 0.3) is 0 Å². The van der Waals surface area contributed by atoms with Gasteiger partial charge in [-0.05, 0) is 12.5 Å². The van der Waals surface area contributed by atoms with Gasteiger partial charge in [-0.25, -0.2) is 17.6 Å². The van der Waals surface area contributed by atoms with Crippen molar-refractivity contribution in [3.63, 3.8) is 0 Å². The highest BCUT2D eigenvalue weighted by atomic mass is 32.2. The molecule has 0 radical (unpaired) electrons. The number of benzene rings is 1. The van der Waals surface area contributed by atoms with Crippen molar-refractivity contribution in [3.05, 3.63) is 35.6 Å². The van der Waals surface area contributed by atoms with Crippen LogP contribution in [0.25, 0.3) is 0 Å². The zero-order valence-corrected chi connectivity index (χ0v) is 12.1. The van der Waals surface area contributed by atoms with Gasteiger partial charge < -0.3 is 15.7 Å². The van der Waals surface area contributed by atoms with Gasteiger partial charge in [0.15, 0.2) is 9.84 Å². The van der Waals surface area contributed by atoms with Crippen molar-refractivity contribution in [1.29, 1.82) is 0 Å². The monoisotopic (exact) mass is 316 g/mol. The number of sulfone groups is 1. The van der Waals surface area contributed by atoms with Crippen LogP contribution in [-0.2, 0) is 9.84 Å². The molecule has 116 valence electrons. The summed E-state index contributed by atoms with van der Waals surface area (Å²) >= 11 is 0. The van der Waals surface area contributed by atoms with Gasteiger partial charge in [0.1, 0.15) is 5.82 Å². The minimum Gasteiger partial charge on any atom is -0.386 e. The SMILES string of the molecule is O=C(NC[C@H](O)c1ccccc1F)N[C@@H]1CCS(=O)(=O)C1. The Bertz CT molecular complexity index is 620. The lowest BCUT2D eigenvalue weighted by Crippen LogP contribution is -2.43. The molecule has 21 heavy (non-hydrogen) atoms. The number of halogens is 1. The molecular weight excluding hydrogens is 299 g/mol. The van der Waals surface area contributed by atoms with Crippen molar-refractivity contribution >= 4 is 15.9 Å². The maximum Gasteiger partial charge on any atom is 0.315 e. The third-order valence-corrected chi connectivity index (χ3v) is 5.06. The Labute approximate surface area is 122 Å². The van der Waals surface area contributed by atoms with E-state index in [1.165, 1.54) is 18.2 Å². The van der Waals surface area contributed by atoms with Gasteiger partial charge in [-0.15, -0.1) is 0 Å². The first-order chi connectivity index (χ1) is 9.87. The number of amides is 2. The number of carbonyl (C=O) groups excluding carboxylic acids is 1. The van der Waals surface area contributed by atoms with Crippen molar-refractivity contribution in [1.82, 2.24) is 10.6 Å². The van der Waals surface area contributed by atoms with Crippen LogP contribution in [0.1, 0.15) is 18.1 Å². The van der Waals surface area contributed by atoms with Crippen LogP contribution in [0, 0.1) is 5.82 Å². The number of urea groups is 1. The van der Waals surface area contributed by atoms with E-state index in [2.05, 4.69) is 10.6 Å². The van der Waals surface area contributed by atoms with Gasteiger partial charge in [-0.1, -0.05) is 18.2 Å². The molecule has 0 unspecified atom stereocenters. The van der Waals surface area contributed by atoms with Crippen molar-refractivity contribution in [2.75, 3.05) is 18.1 Å². The normalized spacial score (nSPS) is 21.7. The molecule has 0 bridgehead atoms. The quantitative estimate of drug-likeness (QED) is 0.747. The fraction of sp³-hybridized carbons (Fsp3) is 0.462. The Balaban J connectivity index is 1.80. The molecule has 1 fully saturated rings. The smallest absolute Gasteiger partial charge is 0.315 e. The van der Waals surface area contributed by atoms with E-state index in [1.807, 2.05) is 0 Å². The highest BCUT2D eigenvalue weighted by Gasteiger charge is 2.28. The molecule has 0 aromatic heterocycles. The molecule has 0 aliphatic carbocycles. The number of hydrogen-bond acceptors (Lipinski definition) is 4. The summed E-state index contributed by atoms with van der Waals surface area (Å²) in [6.45, 7) is -0.160. The average Bonchev–Trinajstić information content (AvgIpc) is 2.75. The summed E-state index contributed by atoms with van der Waals surface area (Å²) in [5.74, 6) is -0.555. The number of aliphatic hydroxyl groups is 1. The summed E-state index contributed by atoms with van der Waals surface area (Å²) < 4.78 is 35.9. The van der Waals surface area contributed by atoms with Crippen molar-refractivity contribution < 1.29 is 22.7 Å². The van der Waals surface area contributed by atoms with E-state index in [4.69, 9.17) is 0 Å². The Hall–Kier alpha value is -1.67. The summed E-state index contributed by atoms with van der Waals surface area (Å²) in [7, 11) is -3.06. The van der Waals surface area contributed by atoms with E-state index in [0.717, 1.165) is 0 Å². The van der Waals surface area contributed by atoms with Gasteiger partial charge in [0.2, 0.25) is 0 Å². The van der Waals surface area contributed by atoms with E-state index in [1.54, 1.807) is 6.07 Å². The van der Waals surface area contributed by atoms with Gasteiger partial charge in [-0.3, -0.25) is 0 Å². The molecule has 1 heterocycles. The Morgan fingerprint density at radius 2 is 2.14 bits per heavy atom. The highest BCUT2D eigenvalue weighted by molar-refractivity contribution is 7.91. The second kappa shape index (κ2) is 6.40. The maximum atomic E-state index is 13.4. The molecule has 1 aliphatic heterocycles. The minimum absolute atomic E-state index is 0.0653. The lowest BCUT2D eigenvalue weighted by Gasteiger charge is -2.15. The molecule has 0 saturated carbocycles. The van der Waals surface area contributed by atoms with Crippen LogP contribution in [0.2, 0.25) is 0 Å². The number of rotatable bonds is 4. The molecule has 0 spiro atoms. The summed E-state index contributed by atoms with van der Waals surface area (Å²) in [6, 6.07) is 4.76. The predicted octanol–water partition coefficient (Wildman–Crippen LogP) is 0.345. The zero-order valence-electron chi connectivity index (χ0n) is 11.3. The summed E-state index contributed by atoms with van der Waals surface area (Å²) in [5.41, 5.74) is 0.0984. The lowest BCUT2D eigenvalue weighted by atomic mass is 10.1.